The van der Waals surface area contributed by atoms with E-state index in [1.165, 1.54) is 0 Å². The molecular formula is C16H23NO2S. The molecule has 0 aliphatic heterocycles. The molecule has 1 aromatic rings. The minimum Gasteiger partial charge on any atom is -0.497 e. The van der Waals surface area contributed by atoms with Gasteiger partial charge >= 0.3 is 0 Å². The Morgan fingerprint density at radius 2 is 1.70 bits per heavy atom. The van der Waals surface area contributed by atoms with Crippen molar-refractivity contribution in [2.45, 2.75) is 27.2 Å². The van der Waals surface area contributed by atoms with Gasteiger partial charge in [-0.2, -0.15) is 0 Å². The highest BCUT2D eigenvalue weighted by molar-refractivity contribution is 7.80. The topological polar surface area (TPSA) is 30.8 Å². The second-order valence-corrected chi connectivity index (χ2v) is 6.35. The van der Waals surface area contributed by atoms with Crippen LogP contribution in [0.2, 0.25) is 0 Å². The van der Waals surface area contributed by atoms with E-state index in [2.05, 4.69) is 25.8 Å². The van der Waals surface area contributed by atoms with Crippen molar-refractivity contribution in [2.75, 3.05) is 20.8 Å². The standard InChI is InChI=1S/C16H23NO2S/c1-16(2,3)11-17-10-15(20)8-12-6-13(18-4)9-14(7-12)19-5/h6-7,9,11H,8,10H2,1-5H3. The number of nitrogens with zero attached hydrogens (tertiary/aromatic N) is 1. The number of thiocarbonyl (C=S) groups is 1. The van der Waals surface area contributed by atoms with Crippen molar-refractivity contribution in [3.05, 3.63) is 23.8 Å². The van der Waals surface area contributed by atoms with Crippen molar-refractivity contribution in [3.8, 4) is 11.5 Å². The molecule has 1 rings (SSSR count). The molecule has 0 bridgehead atoms. The first-order valence-corrected chi connectivity index (χ1v) is 6.99. The Bertz CT molecular complexity index is 467. The maximum absolute atomic E-state index is 5.39. The summed E-state index contributed by atoms with van der Waals surface area (Å²) in [5.74, 6) is 1.56. The van der Waals surface area contributed by atoms with Gasteiger partial charge in [-0.25, -0.2) is 0 Å². The minimum absolute atomic E-state index is 0.0921. The largest absolute Gasteiger partial charge is 0.497 e. The molecule has 0 N–H and O–H groups in total. The summed E-state index contributed by atoms with van der Waals surface area (Å²) >= 11 is 5.39. The Hall–Kier alpha value is -1.42. The minimum atomic E-state index is 0.0921. The predicted octanol–water partition coefficient (Wildman–Crippen LogP) is 3.73. The van der Waals surface area contributed by atoms with E-state index in [1.807, 2.05) is 24.4 Å². The third-order valence-corrected chi connectivity index (χ3v) is 2.83. The molecule has 0 radical (unpaired) electrons. The van der Waals surface area contributed by atoms with Crippen molar-refractivity contribution < 1.29 is 9.47 Å². The molecule has 0 saturated carbocycles. The third kappa shape index (κ3) is 6.15. The zero-order valence-corrected chi connectivity index (χ0v) is 13.7. The molecule has 0 saturated heterocycles. The van der Waals surface area contributed by atoms with Gasteiger partial charge in [0.2, 0.25) is 0 Å². The monoisotopic (exact) mass is 293 g/mol. The van der Waals surface area contributed by atoms with E-state index in [4.69, 9.17) is 21.7 Å². The molecule has 0 heterocycles. The second kappa shape index (κ2) is 7.39. The Labute approximate surface area is 127 Å². The summed E-state index contributed by atoms with van der Waals surface area (Å²) in [7, 11) is 3.29. The molecule has 0 unspecified atom stereocenters. The molecule has 110 valence electrons. The lowest BCUT2D eigenvalue weighted by Gasteiger charge is -2.11. The molecule has 0 amide bonds. The highest BCUT2D eigenvalue weighted by atomic mass is 32.1. The number of aliphatic imine (C=N–C) groups is 1. The summed E-state index contributed by atoms with van der Waals surface area (Å²) in [6.45, 7) is 6.93. The average molecular weight is 293 g/mol. The number of hydrogen-bond acceptors (Lipinski definition) is 4. The molecular weight excluding hydrogens is 270 g/mol. The van der Waals surface area contributed by atoms with Crippen molar-refractivity contribution in [1.82, 2.24) is 0 Å². The molecule has 0 aliphatic carbocycles. The van der Waals surface area contributed by atoms with Crippen molar-refractivity contribution in [2.24, 2.45) is 10.4 Å². The molecule has 0 atom stereocenters. The van der Waals surface area contributed by atoms with Crippen LogP contribution in [0.4, 0.5) is 0 Å². The Morgan fingerprint density at radius 1 is 1.15 bits per heavy atom. The molecule has 0 aromatic heterocycles. The van der Waals surface area contributed by atoms with Gasteiger partial charge in [0.05, 0.1) is 20.8 Å². The molecule has 0 fully saturated rings. The number of methoxy groups -OCH3 is 2. The van der Waals surface area contributed by atoms with E-state index in [9.17, 15) is 0 Å². The second-order valence-electron chi connectivity index (χ2n) is 5.77. The number of hydrogen-bond donors (Lipinski definition) is 0. The van der Waals surface area contributed by atoms with E-state index in [0.717, 1.165) is 21.9 Å². The van der Waals surface area contributed by atoms with Crippen LogP contribution >= 0.6 is 12.2 Å². The summed E-state index contributed by atoms with van der Waals surface area (Å²) in [5, 5.41) is 0. The molecule has 0 spiro atoms. The zero-order chi connectivity index (χ0) is 15.2. The molecule has 0 aliphatic rings. The van der Waals surface area contributed by atoms with E-state index in [1.54, 1.807) is 14.2 Å². The number of ether oxygens (including phenoxy) is 2. The molecule has 4 heteroatoms. The molecule has 3 nitrogen and oxygen atoms in total. The quantitative estimate of drug-likeness (QED) is 0.591. The Kier molecular flexibility index (Phi) is 6.14. The lowest BCUT2D eigenvalue weighted by molar-refractivity contribution is 0.393. The van der Waals surface area contributed by atoms with E-state index in [0.29, 0.717) is 13.0 Å². The average Bonchev–Trinajstić information content (AvgIpc) is 2.36. The first-order valence-electron chi connectivity index (χ1n) is 6.58. The summed E-state index contributed by atoms with van der Waals surface area (Å²) in [5.41, 5.74) is 1.17. The normalized spacial score (nSPS) is 11.7. The summed E-state index contributed by atoms with van der Waals surface area (Å²) in [6.07, 6.45) is 2.65. The van der Waals surface area contributed by atoms with Gasteiger partial charge in [-0.05, 0) is 23.1 Å². The number of rotatable bonds is 6. The summed E-state index contributed by atoms with van der Waals surface area (Å²) in [4.78, 5) is 5.30. The van der Waals surface area contributed by atoms with Crippen molar-refractivity contribution in [3.63, 3.8) is 0 Å². The van der Waals surface area contributed by atoms with Gasteiger partial charge in [0.25, 0.3) is 0 Å². The van der Waals surface area contributed by atoms with Crippen LogP contribution in [-0.4, -0.2) is 31.8 Å². The lowest BCUT2D eigenvalue weighted by Crippen LogP contribution is -2.10. The van der Waals surface area contributed by atoms with Gasteiger partial charge in [-0.3, -0.25) is 4.99 Å². The fourth-order valence-corrected chi connectivity index (χ4v) is 1.91. The first-order chi connectivity index (χ1) is 9.34. The van der Waals surface area contributed by atoms with Gasteiger partial charge in [-0.15, -0.1) is 0 Å². The third-order valence-electron chi connectivity index (χ3n) is 2.56. The van der Waals surface area contributed by atoms with Crippen LogP contribution in [0.3, 0.4) is 0 Å². The highest BCUT2D eigenvalue weighted by Crippen LogP contribution is 2.23. The molecule has 20 heavy (non-hydrogen) atoms. The van der Waals surface area contributed by atoms with Crippen LogP contribution in [0.25, 0.3) is 0 Å². The van der Waals surface area contributed by atoms with E-state index < -0.39 is 0 Å². The van der Waals surface area contributed by atoms with Gasteiger partial charge in [-0.1, -0.05) is 33.0 Å². The van der Waals surface area contributed by atoms with Crippen LogP contribution in [0.1, 0.15) is 26.3 Å². The van der Waals surface area contributed by atoms with Crippen LogP contribution in [-0.2, 0) is 6.42 Å². The summed E-state index contributed by atoms with van der Waals surface area (Å²) in [6, 6.07) is 5.80. The highest BCUT2D eigenvalue weighted by Gasteiger charge is 2.07. The van der Waals surface area contributed by atoms with E-state index in [-0.39, 0.29) is 5.41 Å². The fourth-order valence-electron chi connectivity index (χ4n) is 1.67. The maximum Gasteiger partial charge on any atom is 0.122 e. The van der Waals surface area contributed by atoms with Gasteiger partial charge in [0.1, 0.15) is 11.5 Å². The van der Waals surface area contributed by atoms with Gasteiger partial charge < -0.3 is 9.47 Å². The van der Waals surface area contributed by atoms with Crippen LogP contribution in [0.5, 0.6) is 11.5 Å². The van der Waals surface area contributed by atoms with Crippen LogP contribution in [0, 0.1) is 5.41 Å². The SMILES string of the molecule is COc1cc(CC(=S)CN=CC(C)(C)C)cc(OC)c1. The van der Waals surface area contributed by atoms with Crippen molar-refractivity contribution in [1.29, 1.82) is 0 Å². The van der Waals surface area contributed by atoms with Crippen LogP contribution in [0.15, 0.2) is 23.2 Å². The fraction of sp³-hybridized carbons (Fsp3) is 0.500. The molecule has 1 aromatic carbocycles. The van der Waals surface area contributed by atoms with Crippen molar-refractivity contribution >= 4 is 23.3 Å². The first kappa shape index (κ1) is 16.6. The van der Waals surface area contributed by atoms with Gasteiger partial charge in [0.15, 0.2) is 0 Å². The van der Waals surface area contributed by atoms with Crippen LogP contribution < -0.4 is 9.47 Å². The Morgan fingerprint density at radius 3 is 2.15 bits per heavy atom. The zero-order valence-electron chi connectivity index (χ0n) is 12.9. The predicted molar refractivity (Wildman–Crippen MR) is 88.7 cm³/mol. The smallest absolute Gasteiger partial charge is 0.122 e. The maximum atomic E-state index is 5.39. The Balaban J connectivity index is 2.68. The lowest BCUT2D eigenvalue weighted by atomic mass is 9.99. The van der Waals surface area contributed by atoms with E-state index >= 15 is 0 Å². The number of benzene rings is 1. The van der Waals surface area contributed by atoms with Gasteiger partial charge in [0, 0.05) is 23.6 Å². The summed E-state index contributed by atoms with van der Waals surface area (Å²) < 4.78 is 10.5.